The number of carbonyl (C=O) groups is 1. The predicted molar refractivity (Wildman–Crippen MR) is 111 cm³/mol. The Balaban J connectivity index is 1.62. The van der Waals surface area contributed by atoms with Crippen LogP contribution < -0.4 is 9.64 Å². The number of carbonyl (C=O) groups excluding carboxylic acids is 1. The molecule has 0 aliphatic rings. The molecule has 1 heterocycles. The molecule has 0 spiro atoms. The standard InChI is InChI=1S/C22H26N2O2S/c1-4-24(15-21-6-5-11-27-21)16-22(25)23(2)14-17-7-8-19-13-20(26-3)10-9-18(19)12-17/h5-13H,4,14-16H2,1-3H3/p+1. The molecule has 3 aromatic rings. The van der Waals surface area contributed by atoms with Gasteiger partial charge >= 0.3 is 0 Å². The molecule has 0 radical (unpaired) electrons. The Labute approximate surface area is 165 Å². The number of nitrogens with zero attached hydrogens (tertiary/aromatic N) is 1. The highest BCUT2D eigenvalue weighted by Crippen LogP contribution is 2.22. The van der Waals surface area contributed by atoms with Crippen LogP contribution in [0.2, 0.25) is 0 Å². The van der Waals surface area contributed by atoms with E-state index in [2.05, 4.69) is 48.7 Å². The van der Waals surface area contributed by atoms with Gasteiger partial charge in [0.05, 0.1) is 18.5 Å². The maximum atomic E-state index is 12.7. The van der Waals surface area contributed by atoms with Gasteiger partial charge in [-0.3, -0.25) is 4.79 Å². The minimum atomic E-state index is 0.179. The summed E-state index contributed by atoms with van der Waals surface area (Å²) >= 11 is 1.75. The lowest BCUT2D eigenvalue weighted by Crippen LogP contribution is -3.11. The number of quaternary nitrogens is 1. The molecule has 1 N–H and O–H groups in total. The summed E-state index contributed by atoms with van der Waals surface area (Å²) in [5, 5.41) is 4.39. The van der Waals surface area contributed by atoms with Crippen molar-refractivity contribution >= 4 is 28.0 Å². The summed E-state index contributed by atoms with van der Waals surface area (Å²) in [6.07, 6.45) is 0. The lowest BCUT2D eigenvalue weighted by Gasteiger charge is -2.22. The number of thiophene rings is 1. The van der Waals surface area contributed by atoms with Crippen molar-refractivity contribution in [1.29, 1.82) is 0 Å². The van der Waals surface area contributed by atoms with E-state index in [-0.39, 0.29) is 5.91 Å². The highest BCUT2D eigenvalue weighted by molar-refractivity contribution is 7.09. The van der Waals surface area contributed by atoms with Gasteiger partial charge in [0.2, 0.25) is 0 Å². The second kappa shape index (κ2) is 9.02. The monoisotopic (exact) mass is 383 g/mol. The predicted octanol–water partition coefficient (Wildman–Crippen LogP) is 2.97. The topological polar surface area (TPSA) is 34.0 Å². The molecule has 1 aromatic heterocycles. The van der Waals surface area contributed by atoms with Gasteiger partial charge in [0.1, 0.15) is 12.3 Å². The summed E-state index contributed by atoms with van der Waals surface area (Å²) in [6.45, 7) is 5.13. The molecule has 27 heavy (non-hydrogen) atoms. The smallest absolute Gasteiger partial charge is 0.277 e. The van der Waals surface area contributed by atoms with Crippen LogP contribution in [-0.4, -0.2) is 38.1 Å². The van der Waals surface area contributed by atoms with E-state index in [1.807, 2.05) is 24.1 Å². The Morgan fingerprint density at radius 1 is 1.15 bits per heavy atom. The summed E-state index contributed by atoms with van der Waals surface area (Å²) in [5.41, 5.74) is 1.14. The number of ether oxygens (including phenoxy) is 1. The van der Waals surface area contributed by atoms with Crippen molar-refractivity contribution in [3.8, 4) is 5.75 Å². The molecule has 1 amide bonds. The first kappa shape index (κ1) is 19.4. The number of hydrogen-bond acceptors (Lipinski definition) is 3. The quantitative estimate of drug-likeness (QED) is 0.649. The maximum Gasteiger partial charge on any atom is 0.277 e. The zero-order valence-electron chi connectivity index (χ0n) is 16.2. The number of benzene rings is 2. The Kier molecular flexibility index (Phi) is 6.48. The number of nitrogens with one attached hydrogen (secondary N) is 1. The molecule has 0 saturated heterocycles. The molecular formula is C22H27N2O2S+. The first-order valence-corrected chi connectivity index (χ1v) is 10.1. The van der Waals surface area contributed by atoms with Crippen LogP contribution in [0, 0.1) is 0 Å². The van der Waals surface area contributed by atoms with Gasteiger partial charge in [0.15, 0.2) is 6.54 Å². The van der Waals surface area contributed by atoms with Crippen LogP contribution in [0.1, 0.15) is 17.4 Å². The van der Waals surface area contributed by atoms with Crippen molar-refractivity contribution in [3.05, 3.63) is 64.4 Å². The van der Waals surface area contributed by atoms with E-state index in [1.165, 1.54) is 9.78 Å². The lowest BCUT2D eigenvalue weighted by atomic mass is 10.1. The SMILES string of the molecule is CC[NH+](CC(=O)N(C)Cc1ccc2cc(OC)ccc2c1)Cc1cccs1. The minimum absolute atomic E-state index is 0.179. The highest BCUT2D eigenvalue weighted by Gasteiger charge is 2.17. The molecule has 0 aliphatic heterocycles. The first-order valence-electron chi connectivity index (χ1n) is 9.25. The molecule has 2 aromatic carbocycles. The fourth-order valence-electron chi connectivity index (χ4n) is 3.18. The second-order valence-corrected chi connectivity index (χ2v) is 7.87. The van der Waals surface area contributed by atoms with Gasteiger partial charge in [-0.2, -0.15) is 0 Å². The maximum absolute atomic E-state index is 12.7. The molecule has 142 valence electrons. The third-order valence-corrected chi connectivity index (χ3v) is 5.74. The van der Waals surface area contributed by atoms with E-state index >= 15 is 0 Å². The fourth-order valence-corrected chi connectivity index (χ4v) is 3.96. The third-order valence-electron chi connectivity index (χ3n) is 4.86. The van der Waals surface area contributed by atoms with Crippen molar-refractivity contribution in [2.75, 3.05) is 27.2 Å². The van der Waals surface area contributed by atoms with Gasteiger partial charge < -0.3 is 14.5 Å². The third kappa shape index (κ3) is 5.08. The molecule has 0 fully saturated rings. The van der Waals surface area contributed by atoms with E-state index in [1.54, 1.807) is 18.4 Å². The van der Waals surface area contributed by atoms with Crippen LogP contribution in [-0.2, 0) is 17.9 Å². The lowest BCUT2D eigenvalue weighted by molar-refractivity contribution is -0.904. The summed E-state index contributed by atoms with van der Waals surface area (Å²) in [4.78, 5) is 17.1. The fraction of sp³-hybridized carbons (Fsp3) is 0.318. The number of likely N-dealkylation sites (N-methyl/N-ethyl adjacent to an activating group) is 2. The summed E-state index contributed by atoms with van der Waals surface area (Å²) < 4.78 is 5.28. The normalized spacial score (nSPS) is 12.1. The van der Waals surface area contributed by atoms with Crippen LogP contribution in [0.5, 0.6) is 5.75 Å². The number of amides is 1. The van der Waals surface area contributed by atoms with Crippen LogP contribution in [0.4, 0.5) is 0 Å². The average Bonchev–Trinajstić information content (AvgIpc) is 3.19. The van der Waals surface area contributed by atoms with E-state index in [4.69, 9.17) is 4.74 Å². The van der Waals surface area contributed by atoms with E-state index in [0.717, 1.165) is 35.2 Å². The van der Waals surface area contributed by atoms with Crippen molar-refractivity contribution in [1.82, 2.24) is 4.90 Å². The Morgan fingerprint density at radius 2 is 1.93 bits per heavy atom. The van der Waals surface area contributed by atoms with Crippen LogP contribution in [0.15, 0.2) is 53.9 Å². The molecule has 5 heteroatoms. The molecule has 4 nitrogen and oxygen atoms in total. The Bertz CT molecular complexity index is 892. The van der Waals surface area contributed by atoms with Crippen molar-refractivity contribution in [2.45, 2.75) is 20.0 Å². The van der Waals surface area contributed by atoms with Crippen molar-refractivity contribution in [3.63, 3.8) is 0 Å². The second-order valence-electron chi connectivity index (χ2n) is 6.83. The van der Waals surface area contributed by atoms with Crippen LogP contribution in [0.3, 0.4) is 0 Å². The minimum Gasteiger partial charge on any atom is -0.497 e. The zero-order chi connectivity index (χ0) is 19.2. The molecule has 1 unspecified atom stereocenters. The zero-order valence-corrected chi connectivity index (χ0v) is 17.0. The van der Waals surface area contributed by atoms with Gasteiger partial charge in [-0.1, -0.05) is 24.3 Å². The Morgan fingerprint density at radius 3 is 2.63 bits per heavy atom. The van der Waals surface area contributed by atoms with Gasteiger partial charge in [-0.05, 0) is 52.9 Å². The number of fused-ring (bicyclic) bond motifs is 1. The molecular weight excluding hydrogens is 356 g/mol. The molecule has 0 bridgehead atoms. The van der Waals surface area contributed by atoms with Crippen LogP contribution in [0.25, 0.3) is 10.8 Å². The van der Waals surface area contributed by atoms with Gasteiger partial charge in [-0.15, -0.1) is 11.3 Å². The first-order chi connectivity index (χ1) is 13.1. The number of rotatable bonds is 8. The van der Waals surface area contributed by atoms with E-state index in [0.29, 0.717) is 13.1 Å². The van der Waals surface area contributed by atoms with E-state index < -0.39 is 0 Å². The Hall–Kier alpha value is -2.37. The van der Waals surface area contributed by atoms with Crippen LogP contribution >= 0.6 is 11.3 Å². The average molecular weight is 384 g/mol. The summed E-state index contributed by atoms with van der Waals surface area (Å²) in [5.74, 6) is 1.04. The molecule has 0 saturated carbocycles. The van der Waals surface area contributed by atoms with Gasteiger partial charge in [0.25, 0.3) is 5.91 Å². The van der Waals surface area contributed by atoms with Gasteiger partial charge in [0, 0.05) is 13.6 Å². The highest BCUT2D eigenvalue weighted by atomic mass is 32.1. The van der Waals surface area contributed by atoms with Gasteiger partial charge in [-0.25, -0.2) is 0 Å². The van der Waals surface area contributed by atoms with Crippen molar-refractivity contribution < 1.29 is 14.4 Å². The largest absolute Gasteiger partial charge is 0.497 e. The number of methoxy groups -OCH3 is 1. The van der Waals surface area contributed by atoms with Crippen molar-refractivity contribution in [2.24, 2.45) is 0 Å². The summed E-state index contributed by atoms with van der Waals surface area (Å²) in [7, 11) is 3.56. The van der Waals surface area contributed by atoms with E-state index in [9.17, 15) is 4.79 Å². The summed E-state index contributed by atoms with van der Waals surface area (Å²) in [6, 6.07) is 16.6. The number of hydrogen-bond donors (Lipinski definition) is 1. The molecule has 0 aliphatic carbocycles. The molecule has 1 atom stereocenters. The molecule has 3 rings (SSSR count).